The van der Waals surface area contributed by atoms with Crippen molar-refractivity contribution < 1.29 is 9.53 Å². The number of halogens is 1. The van der Waals surface area contributed by atoms with Crippen molar-refractivity contribution in [2.24, 2.45) is 0 Å². The first kappa shape index (κ1) is 17.7. The summed E-state index contributed by atoms with van der Waals surface area (Å²) >= 11 is 8.51. The molecule has 0 fully saturated rings. The summed E-state index contributed by atoms with van der Waals surface area (Å²) in [6, 6.07) is 5.37. The Labute approximate surface area is 156 Å². The van der Waals surface area contributed by atoms with Crippen LogP contribution in [0.4, 0.5) is 5.13 Å². The summed E-state index contributed by atoms with van der Waals surface area (Å²) in [7, 11) is 1.55. The van der Waals surface area contributed by atoms with Gasteiger partial charge in [0.15, 0.2) is 5.13 Å². The van der Waals surface area contributed by atoms with Gasteiger partial charge in [-0.3, -0.25) is 14.2 Å². The Kier molecular flexibility index (Phi) is 5.22. The molecule has 1 amide bonds. The van der Waals surface area contributed by atoms with Crippen molar-refractivity contribution in [3.63, 3.8) is 0 Å². The van der Waals surface area contributed by atoms with Gasteiger partial charge in [0.25, 0.3) is 0 Å². The van der Waals surface area contributed by atoms with Gasteiger partial charge in [-0.05, 0) is 25.1 Å². The van der Waals surface area contributed by atoms with E-state index in [1.54, 1.807) is 31.5 Å². The van der Waals surface area contributed by atoms with E-state index in [9.17, 15) is 9.59 Å². The topological polar surface area (TPSA) is 73.2 Å². The van der Waals surface area contributed by atoms with Crippen LogP contribution in [0.5, 0.6) is 5.75 Å². The maximum atomic E-state index is 12.1. The van der Waals surface area contributed by atoms with Gasteiger partial charge >= 0.3 is 4.87 Å². The van der Waals surface area contributed by atoms with E-state index in [1.807, 2.05) is 11.4 Å². The third-order valence-electron chi connectivity index (χ3n) is 3.48. The van der Waals surface area contributed by atoms with E-state index < -0.39 is 0 Å². The summed E-state index contributed by atoms with van der Waals surface area (Å²) in [5.74, 6) is 0.294. The second kappa shape index (κ2) is 7.38. The Morgan fingerprint density at radius 2 is 2.16 bits per heavy atom. The van der Waals surface area contributed by atoms with Crippen molar-refractivity contribution in [1.82, 2.24) is 9.55 Å². The van der Waals surface area contributed by atoms with Gasteiger partial charge in [0.2, 0.25) is 5.91 Å². The van der Waals surface area contributed by atoms with E-state index in [0.717, 1.165) is 22.6 Å². The lowest BCUT2D eigenvalue weighted by atomic mass is 10.2. The smallest absolute Gasteiger partial charge is 0.307 e. The maximum absolute atomic E-state index is 12.1. The van der Waals surface area contributed by atoms with E-state index in [0.29, 0.717) is 21.6 Å². The highest BCUT2D eigenvalue weighted by Crippen LogP contribution is 2.31. The zero-order chi connectivity index (χ0) is 18.0. The third-order valence-corrected chi connectivity index (χ3v) is 5.41. The molecule has 0 spiro atoms. The molecule has 0 saturated heterocycles. The first-order chi connectivity index (χ1) is 12.0. The van der Waals surface area contributed by atoms with Gasteiger partial charge < -0.3 is 10.1 Å². The highest BCUT2D eigenvalue weighted by Gasteiger charge is 2.12. The third kappa shape index (κ3) is 3.92. The van der Waals surface area contributed by atoms with Crippen molar-refractivity contribution in [3.8, 4) is 17.0 Å². The minimum atomic E-state index is -0.294. The van der Waals surface area contributed by atoms with Crippen molar-refractivity contribution in [2.45, 2.75) is 13.5 Å². The second-order valence-corrected chi connectivity index (χ2v) is 7.25. The molecule has 25 heavy (non-hydrogen) atoms. The summed E-state index contributed by atoms with van der Waals surface area (Å²) in [4.78, 5) is 28.0. The Balaban J connectivity index is 1.72. The summed E-state index contributed by atoms with van der Waals surface area (Å²) in [6.45, 7) is 1.76. The number of methoxy groups -OCH3 is 1. The van der Waals surface area contributed by atoms with Gasteiger partial charge in [0.05, 0.1) is 17.8 Å². The molecule has 0 bridgehead atoms. The standard InChI is InChI=1S/C16H14ClN3O3S2/c1-9-7-25-16(22)20(9)6-14(21)19-15-18-12(8-24-15)10-3-4-13(23-2)11(17)5-10/h3-5,7-8H,6H2,1-2H3,(H,18,19,21). The number of benzene rings is 1. The Morgan fingerprint density at radius 3 is 2.80 bits per heavy atom. The molecule has 2 heterocycles. The number of anilines is 1. The molecule has 1 aromatic carbocycles. The molecule has 0 aliphatic rings. The van der Waals surface area contributed by atoms with Crippen LogP contribution in [0, 0.1) is 6.92 Å². The molecule has 3 aromatic rings. The van der Waals surface area contributed by atoms with Crippen molar-refractivity contribution in [3.05, 3.63) is 49.3 Å². The van der Waals surface area contributed by atoms with Gasteiger partial charge in [0.1, 0.15) is 12.3 Å². The fourth-order valence-corrected chi connectivity index (χ4v) is 3.92. The SMILES string of the molecule is COc1ccc(-c2csc(NC(=O)Cn3c(C)csc3=O)n2)cc1Cl. The van der Waals surface area contributed by atoms with Crippen LogP contribution in [0.25, 0.3) is 11.3 Å². The zero-order valence-corrected chi connectivity index (χ0v) is 15.8. The van der Waals surface area contributed by atoms with Crippen molar-refractivity contribution >= 4 is 45.3 Å². The van der Waals surface area contributed by atoms with Gasteiger partial charge in [-0.1, -0.05) is 22.9 Å². The highest BCUT2D eigenvalue weighted by molar-refractivity contribution is 7.14. The molecule has 0 aliphatic heterocycles. The largest absolute Gasteiger partial charge is 0.495 e. The van der Waals surface area contributed by atoms with Crippen LogP contribution in [0.15, 0.2) is 33.8 Å². The van der Waals surface area contributed by atoms with E-state index in [-0.39, 0.29) is 17.3 Å². The number of nitrogens with zero attached hydrogens (tertiary/aromatic N) is 2. The van der Waals surface area contributed by atoms with E-state index in [2.05, 4.69) is 10.3 Å². The number of aryl methyl sites for hydroxylation is 1. The van der Waals surface area contributed by atoms with Crippen LogP contribution >= 0.6 is 34.3 Å². The molecular weight excluding hydrogens is 382 g/mol. The van der Waals surface area contributed by atoms with Crippen LogP contribution in [0.2, 0.25) is 5.02 Å². The minimum Gasteiger partial charge on any atom is -0.495 e. The minimum absolute atomic E-state index is 0.0303. The number of hydrogen-bond acceptors (Lipinski definition) is 6. The van der Waals surface area contributed by atoms with E-state index >= 15 is 0 Å². The first-order valence-corrected chi connectivity index (χ1v) is 9.36. The number of amides is 1. The fourth-order valence-electron chi connectivity index (χ4n) is 2.19. The number of hydrogen-bond donors (Lipinski definition) is 1. The lowest BCUT2D eigenvalue weighted by molar-refractivity contribution is -0.116. The number of thiazole rings is 2. The molecule has 2 aromatic heterocycles. The molecule has 3 rings (SSSR count). The highest BCUT2D eigenvalue weighted by atomic mass is 35.5. The van der Waals surface area contributed by atoms with E-state index in [1.165, 1.54) is 15.9 Å². The predicted molar refractivity (Wildman–Crippen MR) is 101 cm³/mol. The van der Waals surface area contributed by atoms with Crippen molar-refractivity contribution in [2.75, 3.05) is 12.4 Å². The molecule has 0 atom stereocenters. The second-order valence-electron chi connectivity index (χ2n) is 5.16. The van der Waals surface area contributed by atoms with Gasteiger partial charge in [-0.25, -0.2) is 4.98 Å². The normalized spacial score (nSPS) is 10.7. The molecule has 0 unspecified atom stereocenters. The summed E-state index contributed by atoms with van der Waals surface area (Å²) in [5, 5.41) is 7.23. The maximum Gasteiger partial charge on any atom is 0.307 e. The molecule has 6 nitrogen and oxygen atoms in total. The monoisotopic (exact) mass is 395 g/mol. The lowest BCUT2D eigenvalue weighted by Gasteiger charge is -2.05. The fraction of sp³-hybridized carbons (Fsp3) is 0.188. The molecule has 0 radical (unpaired) electrons. The zero-order valence-electron chi connectivity index (χ0n) is 13.4. The van der Waals surface area contributed by atoms with Crippen LogP contribution in [0.3, 0.4) is 0 Å². The molecule has 0 saturated carbocycles. The van der Waals surface area contributed by atoms with Crippen LogP contribution in [-0.2, 0) is 11.3 Å². The Bertz CT molecular complexity index is 977. The molecule has 1 N–H and O–H groups in total. The number of nitrogens with one attached hydrogen (secondary N) is 1. The number of carbonyl (C=O) groups excluding carboxylic acids is 1. The molecule has 130 valence electrons. The Hall–Kier alpha value is -2.16. The van der Waals surface area contributed by atoms with Gasteiger partial charge in [0, 0.05) is 22.0 Å². The van der Waals surface area contributed by atoms with Crippen molar-refractivity contribution in [1.29, 1.82) is 0 Å². The van der Waals surface area contributed by atoms with E-state index in [4.69, 9.17) is 16.3 Å². The quantitative estimate of drug-likeness (QED) is 0.715. The molecule has 0 aliphatic carbocycles. The lowest BCUT2D eigenvalue weighted by Crippen LogP contribution is -2.25. The van der Waals surface area contributed by atoms with Crippen LogP contribution in [0.1, 0.15) is 5.69 Å². The number of rotatable bonds is 5. The average Bonchev–Trinajstić information content (AvgIpc) is 3.16. The first-order valence-electron chi connectivity index (χ1n) is 7.22. The molecular formula is C16H14ClN3O3S2. The number of ether oxygens (including phenoxy) is 1. The average molecular weight is 396 g/mol. The summed E-state index contributed by atoms with van der Waals surface area (Å²) in [6.07, 6.45) is 0. The molecule has 9 heteroatoms. The summed E-state index contributed by atoms with van der Waals surface area (Å²) in [5.41, 5.74) is 2.29. The number of aromatic nitrogens is 2. The van der Waals surface area contributed by atoms with Gasteiger partial charge in [-0.2, -0.15) is 0 Å². The number of carbonyl (C=O) groups is 1. The summed E-state index contributed by atoms with van der Waals surface area (Å²) < 4.78 is 6.56. The van der Waals surface area contributed by atoms with Crippen LogP contribution in [-0.4, -0.2) is 22.6 Å². The predicted octanol–water partition coefficient (Wildman–Crippen LogP) is 3.64. The van der Waals surface area contributed by atoms with Crippen LogP contribution < -0.4 is 14.9 Å². The van der Waals surface area contributed by atoms with Gasteiger partial charge in [-0.15, -0.1) is 11.3 Å². The Morgan fingerprint density at radius 1 is 1.36 bits per heavy atom.